The highest BCUT2D eigenvalue weighted by Crippen LogP contribution is 2.16. The van der Waals surface area contributed by atoms with E-state index in [-0.39, 0.29) is 37.5 Å². The molecule has 0 rings (SSSR count). The third kappa shape index (κ3) is 62.9. The highest BCUT2D eigenvalue weighted by Gasteiger charge is 2.19. The Hall–Kier alpha value is -3.93. The summed E-state index contributed by atoms with van der Waals surface area (Å²) in [6.07, 6.45) is 89.9. The predicted octanol–water partition coefficient (Wildman–Crippen LogP) is 22.6. The smallest absolute Gasteiger partial charge is 0.306 e. The molecular formula is C72H122O6. The van der Waals surface area contributed by atoms with Gasteiger partial charge in [0.25, 0.3) is 0 Å². The number of esters is 3. The van der Waals surface area contributed by atoms with Gasteiger partial charge < -0.3 is 14.2 Å². The lowest BCUT2D eigenvalue weighted by Gasteiger charge is -2.18. The van der Waals surface area contributed by atoms with Crippen molar-refractivity contribution in [2.24, 2.45) is 0 Å². The molecule has 6 nitrogen and oxygen atoms in total. The van der Waals surface area contributed by atoms with Crippen LogP contribution in [0.2, 0.25) is 0 Å². The van der Waals surface area contributed by atoms with Crippen molar-refractivity contribution in [3.05, 3.63) is 109 Å². The summed E-state index contributed by atoms with van der Waals surface area (Å²) in [6.45, 7) is 6.41. The van der Waals surface area contributed by atoms with Gasteiger partial charge >= 0.3 is 17.9 Å². The van der Waals surface area contributed by atoms with Crippen LogP contribution in [-0.2, 0) is 28.6 Å². The van der Waals surface area contributed by atoms with Gasteiger partial charge in [-0.2, -0.15) is 0 Å². The Kier molecular flexibility index (Phi) is 62.3. The SMILES string of the molecule is CC/C=C\C/C=C\C/C=C\C/C=C\CCC(=O)OCC(COC(=O)CCCCCCCCCCCCCCCCCCCC/C=C\C/C=C\C/C=C\CCCCCCC)OC(=O)CCCCCCC/C=C\C/C=C\CCCC. The molecule has 0 saturated heterocycles. The fourth-order valence-electron chi connectivity index (χ4n) is 9.07. The standard InChI is InChI=1S/C72H122O6/c1-4-7-10-13-16-19-22-25-27-28-29-30-31-32-33-34-35-36-37-38-39-40-41-42-43-44-45-48-50-53-56-59-62-65-71(74)77-68-69(67-76-70(73)64-61-58-55-52-49-46-24-21-18-15-12-9-6-3)78-72(75)66-63-60-57-54-51-47-26-23-20-17-14-11-8-5-2/h9,12,14,17-18,21-23,25-26,28-29,31-32,46,49,55,58,69H,4-8,10-11,13,15-16,19-20,24,27,30,33-45,47-48,50-54,56-57,59-68H2,1-3H3/b12-9-,17-14-,21-18-,25-22-,26-23-,29-28-,32-31-,49-46-,58-55-. The lowest BCUT2D eigenvalue weighted by Crippen LogP contribution is -2.30. The molecule has 0 aliphatic carbocycles. The van der Waals surface area contributed by atoms with Crippen LogP contribution >= 0.6 is 0 Å². The van der Waals surface area contributed by atoms with Crippen molar-refractivity contribution in [3.8, 4) is 0 Å². The number of unbranched alkanes of at least 4 members (excludes halogenated alkanes) is 30. The Balaban J connectivity index is 4.17. The maximum atomic E-state index is 12.9. The number of carbonyl (C=O) groups is 3. The third-order valence-electron chi connectivity index (χ3n) is 14.0. The molecule has 1 atom stereocenters. The van der Waals surface area contributed by atoms with Crippen LogP contribution in [0, 0.1) is 0 Å². The van der Waals surface area contributed by atoms with Crippen molar-refractivity contribution in [1.29, 1.82) is 0 Å². The van der Waals surface area contributed by atoms with E-state index >= 15 is 0 Å². The Morgan fingerprint density at radius 1 is 0.269 bits per heavy atom. The molecular weight excluding hydrogens is 961 g/mol. The fourth-order valence-corrected chi connectivity index (χ4v) is 9.07. The zero-order chi connectivity index (χ0) is 56.4. The quantitative estimate of drug-likeness (QED) is 0.0261. The van der Waals surface area contributed by atoms with Gasteiger partial charge in [-0.3, -0.25) is 14.4 Å². The van der Waals surface area contributed by atoms with Crippen molar-refractivity contribution in [1.82, 2.24) is 0 Å². The largest absolute Gasteiger partial charge is 0.462 e. The average molecular weight is 1080 g/mol. The summed E-state index contributed by atoms with van der Waals surface area (Å²) in [5, 5.41) is 0. The van der Waals surface area contributed by atoms with Crippen LogP contribution in [0.3, 0.4) is 0 Å². The molecule has 0 N–H and O–H groups in total. The summed E-state index contributed by atoms with van der Waals surface area (Å²) >= 11 is 0. The van der Waals surface area contributed by atoms with Crippen molar-refractivity contribution < 1.29 is 28.6 Å². The predicted molar refractivity (Wildman–Crippen MR) is 339 cm³/mol. The molecule has 6 heteroatoms. The first-order valence-electron chi connectivity index (χ1n) is 32.9. The molecule has 0 aromatic heterocycles. The van der Waals surface area contributed by atoms with Gasteiger partial charge in [0.1, 0.15) is 13.2 Å². The highest BCUT2D eigenvalue weighted by atomic mass is 16.6. The minimum absolute atomic E-state index is 0.105. The van der Waals surface area contributed by atoms with Crippen LogP contribution in [0.15, 0.2) is 109 Å². The molecule has 0 saturated carbocycles. The highest BCUT2D eigenvalue weighted by molar-refractivity contribution is 5.71. The molecule has 0 aliphatic rings. The van der Waals surface area contributed by atoms with Gasteiger partial charge in [0, 0.05) is 19.3 Å². The number of hydrogen-bond acceptors (Lipinski definition) is 6. The summed E-state index contributed by atoms with van der Waals surface area (Å²) in [7, 11) is 0. The summed E-state index contributed by atoms with van der Waals surface area (Å²) in [5.74, 6) is -0.998. The average Bonchev–Trinajstić information content (AvgIpc) is 3.44. The van der Waals surface area contributed by atoms with E-state index in [9.17, 15) is 14.4 Å². The van der Waals surface area contributed by atoms with Crippen molar-refractivity contribution in [3.63, 3.8) is 0 Å². The van der Waals surface area contributed by atoms with Crippen LogP contribution in [0.5, 0.6) is 0 Å². The zero-order valence-corrected chi connectivity index (χ0v) is 51.2. The monoisotopic (exact) mass is 1080 g/mol. The molecule has 0 aromatic carbocycles. The normalized spacial score (nSPS) is 12.8. The fraction of sp³-hybridized carbons (Fsp3) is 0.708. The molecule has 0 heterocycles. The van der Waals surface area contributed by atoms with E-state index in [4.69, 9.17) is 14.2 Å². The second-order valence-electron chi connectivity index (χ2n) is 21.6. The number of hydrogen-bond donors (Lipinski definition) is 0. The number of carbonyl (C=O) groups excluding carboxylic acids is 3. The topological polar surface area (TPSA) is 78.9 Å². The minimum atomic E-state index is -0.815. The van der Waals surface area contributed by atoms with E-state index in [0.717, 1.165) is 103 Å². The summed E-state index contributed by atoms with van der Waals surface area (Å²) in [4.78, 5) is 38.2. The van der Waals surface area contributed by atoms with Crippen LogP contribution in [0.4, 0.5) is 0 Å². The maximum Gasteiger partial charge on any atom is 0.306 e. The number of ether oxygens (including phenoxy) is 3. The van der Waals surface area contributed by atoms with Crippen LogP contribution in [0.25, 0.3) is 0 Å². The summed E-state index contributed by atoms with van der Waals surface area (Å²) in [5.41, 5.74) is 0. The van der Waals surface area contributed by atoms with E-state index in [1.807, 2.05) is 6.08 Å². The lowest BCUT2D eigenvalue weighted by atomic mass is 10.0. The Bertz CT molecular complexity index is 1570. The molecule has 446 valence electrons. The molecule has 78 heavy (non-hydrogen) atoms. The Morgan fingerprint density at radius 2 is 0.538 bits per heavy atom. The van der Waals surface area contributed by atoms with E-state index in [2.05, 4.69) is 124 Å². The van der Waals surface area contributed by atoms with Gasteiger partial charge in [-0.1, -0.05) is 291 Å². The van der Waals surface area contributed by atoms with Gasteiger partial charge in [0.05, 0.1) is 0 Å². The first kappa shape index (κ1) is 74.1. The number of allylic oxidation sites excluding steroid dienone is 18. The molecule has 1 unspecified atom stereocenters. The summed E-state index contributed by atoms with van der Waals surface area (Å²) < 4.78 is 16.8. The van der Waals surface area contributed by atoms with Gasteiger partial charge in [-0.05, 0) is 109 Å². The Labute approximate surface area is 482 Å². The third-order valence-corrected chi connectivity index (χ3v) is 14.0. The van der Waals surface area contributed by atoms with Gasteiger partial charge in [-0.15, -0.1) is 0 Å². The van der Waals surface area contributed by atoms with Crippen molar-refractivity contribution in [2.45, 2.75) is 316 Å². The first-order valence-corrected chi connectivity index (χ1v) is 32.9. The van der Waals surface area contributed by atoms with Crippen molar-refractivity contribution >= 4 is 17.9 Å². The lowest BCUT2D eigenvalue weighted by molar-refractivity contribution is -0.166. The van der Waals surface area contributed by atoms with E-state index < -0.39 is 6.10 Å². The van der Waals surface area contributed by atoms with E-state index in [1.165, 1.54) is 161 Å². The molecule has 0 radical (unpaired) electrons. The van der Waals surface area contributed by atoms with Crippen molar-refractivity contribution in [2.75, 3.05) is 13.2 Å². The van der Waals surface area contributed by atoms with Gasteiger partial charge in [0.2, 0.25) is 0 Å². The molecule has 0 bridgehead atoms. The van der Waals surface area contributed by atoms with E-state index in [1.54, 1.807) is 0 Å². The minimum Gasteiger partial charge on any atom is -0.462 e. The molecule has 0 fully saturated rings. The van der Waals surface area contributed by atoms with Crippen LogP contribution < -0.4 is 0 Å². The van der Waals surface area contributed by atoms with Crippen LogP contribution in [-0.4, -0.2) is 37.2 Å². The summed E-state index contributed by atoms with van der Waals surface area (Å²) in [6, 6.07) is 0. The second kappa shape index (κ2) is 65.6. The zero-order valence-electron chi connectivity index (χ0n) is 51.2. The van der Waals surface area contributed by atoms with E-state index in [0.29, 0.717) is 19.3 Å². The molecule has 0 aliphatic heterocycles. The maximum absolute atomic E-state index is 12.9. The van der Waals surface area contributed by atoms with Gasteiger partial charge in [0.15, 0.2) is 6.10 Å². The Morgan fingerprint density at radius 3 is 0.897 bits per heavy atom. The molecule has 0 spiro atoms. The van der Waals surface area contributed by atoms with Gasteiger partial charge in [-0.25, -0.2) is 0 Å². The van der Waals surface area contributed by atoms with Crippen LogP contribution in [0.1, 0.15) is 310 Å². The first-order chi connectivity index (χ1) is 38.5. The molecule has 0 aromatic rings. The number of rotatable bonds is 59. The molecule has 0 amide bonds. The second-order valence-corrected chi connectivity index (χ2v) is 21.6.